The quantitative estimate of drug-likeness (QED) is 0.658. The van der Waals surface area contributed by atoms with Crippen molar-refractivity contribution in [3.05, 3.63) is 71.3 Å². The lowest BCUT2D eigenvalue weighted by atomic mass is 9.73. The number of nitrogens with one attached hydrogen (secondary N) is 2. The molecule has 6 nitrogen and oxygen atoms in total. The first-order valence-corrected chi connectivity index (χ1v) is 12.0. The molecule has 1 saturated carbocycles. The summed E-state index contributed by atoms with van der Waals surface area (Å²) in [7, 11) is 0. The first-order valence-electron chi connectivity index (χ1n) is 12.0. The second kappa shape index (κ2) is 8.32. The number of hydrogen-bond donors (Lipinski definition) is 2. The van der Waals surface area contributed by atoms with E-state index in [2.05, 4.69) is 10.6 Å². The Kier molecular flexibility index (Phi) is 5.47. The molecule has 6 heteroatoms. The molecule has 1 heterocycles. The highest BCUT2D eigenvalue weighted by Crippen LogP contribution is 2.44. The molecule has 33 heavy (non-hydrogen) atoms. The molecular weight excluding hydrogens is 414 g/mol. The van der Waals surface area contributed by atoms with Crippen molar-refractivity contribution in [1.29, 1.82) is 0 Å². The van der Waals surface area contributed by atoms with Crippen LogP contribution in [0.1, 0.15) is 62.3 Å². The first-order chi connectivity index (χ1) is 15.9. The molecule has 2 aromatic rings. The van der Waals surface area contributed by atoms with E-state index in [0.717, 1.165) is 42.4 Å². The maximum Gasteiger partial charge on any atom is 0.326 e. The highest BCUT2D eigenvalue weighted by molar-refractivity contribution is 6.10. The Hall–Kier alpha value is -3.15. The van der Waals surface area contributed by atoms with E-state index in [-0.39, 0.29) is 23.8 Å². The third kappa shape index (κ3) is 3.52. The summed E-state index contributed by atoms with van der Waals surface area (Å²) >= 11 is 0. The van der Waals surface area contributed by atoms with Gasteiger partial charge in [-0.1, -0.05) is 80.8 Å². The summed E-state index contributed by atoms with van der Waals surface area (Å²) < 4.78 is 0. The van der Waals surface area contributed by atoms with Gasteiger partial charge in [0.25, 0.3) is 5.91 Å². The molecule has 0 aromatic heterocycles. The van der Waals surface area contributed by atoms with Crippen LogP contribution in [0.3, 0.4) is 0 Å². The highest BCUT2D eigenvalue weighted by Gasteiger charge is 2.59. The van der Waals surface area contributed by atoms with Crippen LogP contribution in [0, 0.1) is 11.8 Å². The van der Waals surface area contributed by atoms with Gasteiger partial charge in [-0.15, -0.1) is 0 Å². The molecule has 0 radical (unpaired) electrons. The lowest BCUT2D eigenvalue weighted by molar-refractivity contribution is -0.141. The Morgan fingerprint density at radius 1 is 1.06 bits per heavy atom. The molecule has 1 spiro atoms. The van der Waals surface area contributed by atoms with E-state index in [1.165, 1.54) is 4.90 Å². The number of benzene rings is 2. The van der Waals surface area contributed by atoms with E-state index in [9.17, 15) is 14.4 Å². The van der Waals surface area contributed by atoms with Gasteiger partial charge in [0, 0.05) is 0 Å². The number of urea groups is 1. The molecule has 4 atom stereocenters. The van der Waals surface area contributed by atoms with Gasteiger partial charge < -0.3 is 10.6 Å². The SMILES string of the molecule is CC(NC(=O)C([C@@H](C)C1CCC1)N1C(=O)N[C@]2(CCc3ccccc32)C1=O)c1ccccc1. The third-order valence-electron chi connectivity index (χ3n) is 7.97. The average molecular weight is 446 g/mol. The molecule has 3 aliphatic rings. The Balaban J connectivity index is 1.46. The normalized spacial score (nSPS) is 24.7. The van der Waals surface area contributed by atoms with Crippen LogP contribution in [0.2, 0.25) is 0 Å². The number of hydrogen-bond acceptors (Lipinski definition) is 3. The third-order valence-corrected chi connectivity index (χ3v) is 7.97. The van der Waals surface area contributed by atoms with Crippen molar-refractivity contribution >= 4 is 17.8 Å². The number of nitrogens with zero attached hydrogens (tertiary/aromatic N) is 1. The number of amides is 4. The monoisotopic (exact) mass is 445 g/mol. The maximum absolute atomic E-state index is 13.9. The standard InChI is InChI=1S/C27H31N3O3/c1-17(19-12-8-13-19)23(24(31)28-18(2)20-9-4-3-5-10-20)30-25(32)27(29-26(30)33)16-15-21-11-6-7-14-22(21)27/h3-7,9-11,14,17-19,23H,8,12-13,15-16H2,1-2H3,(H,28,31)(H,29,33)/t17-,18?,23?,27-/m0/s1. The predicted octanol–water partition coefficient (Wildman–Crippen LogP) is 4.06. The van der Waals surface area contributed by atoms with Gasteiger partial charge in [-0.05, 0) is 48.3 Å². The van der Waals surface area contributed by atoms with Gasteiger partial charge in [-0.3, -0.25) is 9.59 Å². The lowest BCUT2D eigenvalue weighted by Gasteiger charge is -2.39. The molecule has 2 unspecified atom stereocenters. The molecule has 2 N–H and O–H groups in total. The van der Waals surface area contributed by atoms with Crippen molar-refractivity contribution in [2.75, 3.05) is 0 Å². The largest absolute Gasteiger partial charge is 0.348 e. The van der Waals surface area contributed by atoms with E-state index < -0.39 is 17.6 Å². The fraction of sp³-hybridized carbons (Fsp3) is 0.444. The minimum atomic E-state index is -1.06. The average Bonchev–Trinajstić information content (AvgIpc) is 3.26. The van der Waals surface area contributed by atoms with Crippen LogP contribution in [0.5, 0.6) is 0 Å². The van der Waals surface area contributed by atoms with Crippen molar-refractivity contribution < 1.29 is 14.4 Å². The number of rotatable bonds is 6. The van der Waals surface area contributed by atoms with Crippen molar-refractivity contribution in [2.24, 2.45) is 11.8 Å². The fourth-order valence-electron chi connectivity index (χ4n) is 5.75. The molecule has 2 fully saturated rings. The zero-order valence-electron chi connectivity index (χ0n) is 19.2. The Morgan fingerprint density at radius 2 is 1.76 bits per heavy atom. The summed E-state index contributed by atoms with van der Waals surface area (Å²) in [5, 5.41) is 6.08. The van der Waals surface area contributed by atoms with E-state index in [1.54, 1.807) is 0 Å². The summed E-state index contributed by atoms with van der Waals surface area (Å²) in [5.41, 5.74) is 1.87. The summed E-state index contributed by atoms with van der Waals surface area (Å²) in [6, 6.07) is 16.0. The van der Waals surface area contributed by atoms with E-state index in [0.29, 0.717) is 12.3 Å². The van der Waals surface area contributed by atoms with Gasteiger partial charge >= 0.3 is 6.03 Å². The summed E-state index contributed by atoms with van der Waals surface area (Å²) in [5.74, 6) is -0.335. The molecule has 2 aromatic carbocycles. The molecule has 2 aliphatic carbocycles. The fourth-order valence-corrected chi connectivity index (χ4v) is 5.75. The molecule has 172 valence electrons. The number of imide groups is 1. The highest BCUT2D eigenvalue weighted by atomic mass is 16.2. The van der Waals surface area contributed by atoms with E-state index in [1.807, 2.05) is 68.4 Å². The van der Waals surface area contributed by atoms with Gasteiger partial charge in [0.2, 0.25) is 5.91 Å². The second-order valence-electron chi connectivity index (χ2n) is 9.80. The number of fused-ring (bicyclic) bond motifs is 2. The predicted molar refractivity (Wildman–Crippen MR) is 125 cm³/mol. The molecular formula is C27H31N3O3. The van der Waals surface area contributed by atoms with Gasteiger partial charge in [-0.25, -0.2) is 9.69 Å². The maximum atomic E-state index is 13.9. The van der Waals surface area contributed by atoms with Crippen LogP contribution in [-0.2, 0) is 21.5 Å². The molecule has 1 aliphatic heterocycles. The first kappa shape index (κ1) is 21.7. The zero-order valence-corrected chi connectivity index (χ0v) is 19.2. The van der Waals surface area contributed by atoms with Crippen molar-refractivity contribution in [3.8, 4) is 0 Å². The smallest absolute Gasteiger partial charge is 0.326 e. The van der Waals surface area contributed by atoms with Crippen molar-refractivity contribution in [1.82, 2.24) is 15.5 Å². The van der Waals surface area contributed by atoms with Crippen LogP contribution < -0.4 is 10.6 Å². The van der Waals surface area contributed by atoms with Crippen molar-refractivity contribution in [3.63, 3.8) is 0 Å². The zero-order chi connectivity index (χ0) is 23.2. The van der Waals surface area contributed by atoms with Crippen LogP contribution in [0.4, 0.5) is 4.79 Å². The van der Waals surface area contributed by atoms with Crippen LogP contribution >= 0.6 is 0 Å². The Morgan fingerprint density at radius 3 is 2.45 bits per heavy atom. The molecule has 0 bridgehead atoms. The minimum Gasteiger partial charge on any atom is -0.348 e. The van der Waals surface area contributed by atoms with E-state index >= 15 is 0 Å². The number of carbonyl (C=O) groups is 3. The molecule has 4 amide bonds. The second-order valence-corrected chi connectivity index (χ2v) is 9.80. The van der Waals surface area contributed by atoms with Gasteiger partial charge in [-0.2, -0.15) is 0 Å². The summed E-state index contributed by atoms with van der Waals surface area (Å²) in [6.07, 6.45) is 4.44. The van der Waals surface area contributed by atoms with Crippen LogP contribution in [0.15, 0.2) is 54.6 Å². The molecule has 5 rings (SSSR count). The number of aryl methyl sites for hydroxylation is 1. The summed E-state index contributed by atoms with van der Waals surface area (Å²) in [4.78, 5) is 42.1. The Labute approximate surface area is 194 Å². The van der Waals surface area contributed by atoms with E-state index in [4.69, 9.17) is 0 Å². The Bertz CT molecular complexity index is 1080. The van der Waals surface area contributed by atoms with Gasteiger partial charge in [0.1, 0.15) is 11.6 Å². The number of carbonyl (C=O) groups excluding carboxylic acids is 3. The van der Waals surface area contributed by atoms with Crippen molar-refractivity contribution in [2.45, 2.75) is 63.6 Å². The summed E-state index contributed by atoms with van der Waals surface area (Å²) in [6.45, 7) is 3.94. The van der Waals surface area contributed by atoms with Crippen LogP contribution in [0.25, 0.3) is 0 Å². The lowest BCUT2D eigenvalue weighted by Crippen LogP contribution is -2.56. The minimum absolute atomic E-state index is 0.108. The van der Waals surface area contributed by atoms with Gasteiger partial charge in [0.15, 0.2) is 0 Å². The van der Waals surface area contributed by atoms with Crippen LogP contribution in [-0.4, -0.2) is 28.8 Å². The molecule has 1 saturated heterocycles. The topological polar surface area (TPSA) is 78.5 Å². The van der Waals surface area contributed by atoms with Gasteiger partial charge in [0.05, 0.1) is 6.04 Å².